The van der Waals surface area contributed by atoms with Crippen molar-refractivity contribution in [3.63, 3.8) is 0 Å². The second-order valence-electron chi connectivity index (χ2n) is 6.65. The molecule has 0 aliphatic heterocycles. The van der Waals surface area contributed by atoms with Crippen LogP contribution in [0.5, 0.6) is 5.75 Å². The van der Waals surface area contributed by atoms with Gasteiger partial charge in [0, 0.05) is 24.7 Å². The monoisotopic (exact) mass is 523 g/mol. The number of carbonyl (C=O) groups is 1. The molecule has 0 bridgehead atoms. The normalized spacial score (nSPS) is 19.4. The zero-order chi connectivity index (χ0) is 19.6. The van der Waals surface area contributed by atoms with Crippen LogP contribution in [0.25, 0.3) is 0 Å². The standard InChI is InChI=1S/C20H30ClN3O3.HI/c1-4-27-19(25)15-5-8-16(9-6-15)24-20(22-2)23-12-11-14-7-10-17(26-3)13-18(14)21;/h7,10,13,15-16H,4-6,8-9,11-12H2,1-3H3,(H2,22,23,24);1H. The van der Waals surface area contributed by atoms with Crippen molar-refractivity contribution in [1.82, 2.24) is 10.6 Å². The van der Waals surface area contributed by atoms with Gasteiger partial charge in [0.15, 0.2) is 5.96 Å². The minimum absolute atomic E-state index is 0. The van der Waals surface area contributed by atoms with Gasteiger partial charge in [0.2, 0.25) is 0 Å². The molecular weight excluding hydrogens is 493 g/mol. The smallest absolute Gasteiger partial charge is 0.308 e. The van der Waals surface area contributed by atoms with Crippen LogP contribution in [-0.2, 0) is 16.0 Å². The Hall–Kier alpha value is -1.22. The number of guanidine groups is 1. The average molecular weight is 524 g/mol. The van der Waals surface area contributed by atoms with Crippen LogP contribution in [0.15, 0.2) is 23.2 Å². The van der Waals surface area contributed by atoms with Gasteiger partial charge in [0.1, 0.15) is 5.75 Å². The summed E-state index contributed by atoms with van der Waals surface area (Å²) in [4.78, 5) is 16.1. The van der Waals surface area contributed by atoms with Gasteiger partial charge in [-0.15, -0.1) is 24.0 Å². The van der Waals surface area contributed by atoms with Gasteiger partial charge in [-0.2, -0.15) is 0 Å². The maximum absolute atomic E-state index is 11.8. The zero-order valence-corrected chi connectivity index (χ0v) is 19.9. The van der Waals surface area contributed by atoms with Crippen LogP contribution in [0.4, 0.5) is 0 Å². The van der Waals surface area contributed by atoms with E-state index in [1.54, 1.807) is 14.2 Å². The van der Waals surface area contributed by atoms with Gasteiger partial charge in [-0.05, 0) is 56.7 Å². The molecule has 158 valence electrons. The van der Waals surface area contributed by atoms with Crippen molar-refractivity contribution in [3.8, 4) is 5.75 Å². The lowest BCUT2D eigenvalue weighted by atomic mass is 9.86. The van der Waals surface area contributed by atoms with Crippen molar-refractivity contribution < 1.29 is 14.3 Å². The van der Waals surface area contributed by atoms with Crippen LogP contribution in [0.1, 0.15) is 38.2 Å². The van der Waals surface area contributed by atoms with Gasteiger partial charge in [-0.3, -0.25) is 9.79 Å². The highest BCUT2D eigenvalue weighted by molar-refractivity contribution is 14.0. The lowest BCUT2D eigenvalue weighted by molar-refractivity contribution is -0.149. The number of rotatable bonds is 7. The van der Waals surface area contributed by atoms with E-state index in [2.05, 4.69) is 15.6 Å². The molecule has 1 aromatic rings. The maximum Gasteiger partial charge on any atom is 0.308 e. The zero-order valence-electron chi connectivity index (χ0n) is 16.8. The van der Waals surface area contributed by atoms with E-state index < -0.39 is 0 Å². The summed E-state index contributed by atoms with van der Waals surface area (Å²) in [6.45, 7) is 3.02. The first kappa shape index (κ1) is 24.8. The highest BCUT2D eigenvalue weighted by Gasteiger charge is 2.27. The van der Waals surface area contributed by atoms with Gasteiger partial charge in [-0.1, -0.05) is 17.7 Å². The number of hydrogen-bond acceptors (Lipinski definition) is 4. The SMILES string of the molecule is CCOC(=O)C1CCC(NC(=NC)NCCc2ccc(OC)cc2Cl)CC1.I. The van der Waals surface area contributed by atoms with Gasteiger partial charge < -0.3 is 20.1 Å². The van der Waals surface area contributed by atoms with Crippen molar-refractivity contribution in [2.45, 2.75) is 45.1 Å². The largest absolute Gasteiger partial charge is 0.497 e. The van der Waals surface area contributed by atoms with E-state index in [1.807, 2.05) is 25.1 Å². The summed E-state index contributed by atoms with van der Waals surface area (Å²) in [5.41, 5.74) is 1.07. The first-order chi connectivity index (χ1) is 13.1. The number of carbonyl (C=O) groups excluding carboxylic acids is 1. The summed E-state index contributed by atoms with van der Waals surface area (Å²) in [5.74, 6) is 1.51. The minimum atomic E-state index is -0.0603. The first-order valence-corrected chi connectivity index (χ1v) is 9.91. The molecule has 1 aromatic carbocycles. The number of aliphatic imine (C=N–C) groups is 1. The minimum Gasteiger partial charge on any atom is -0.497 e. The Morgan fingerprint density at radius 1 is 1.29 bits per heavy atom. The topological polar surface area (TPSA) is 72.0 Å². The summed E-state index contributed by atoms with van der Waals surface area (Å²) < 4.78 is 10.3. The number of hydrogen-bond donors (Lipinski definition) is 2. The van der Waals surface area contributed by atoms with E-state index in [0.29, 0.717) is 17.7 Å². The van der Waals surface area contributed by atoms with Crippen LogP contribution < -0.4 is 15.4 Å². The second kappa shape index (κ2) is 13.1. The molecule has 0 saturated heterocycles. The fourth-order valence-corrected chi connectivity index (χ4v) is 3.56. The lowest BCUT2D eigenvalue weighted by Crippen LogP contribution is -2.45. The predicted octanol–water partition coefficient (Wildman–Crippen LogP) is 3.80. The molecule has 6 nitrogen and oxygen atoms in total. The predicted molar refractivity (Wildman–Crippen MR) is 124 cm³/mol. The number of nitrogens with zero attached hydrogens (tertiary/aromatic N) is 1. The first-order valence-electron chi connectivity index (χ1n) is 9.53. The molecule has 0 aromatic heterocycles. The second-order valence-corrected chi connectivity index (χ2v) is 7.06. The number of methoxy groups -OCH3 is 1. The Kier molecular flexibility index (Phi) is 11.6. The van der Waals surface area contributed by atoms with E-state index in [1.165, 1.54) is 0 Å². The van der Waals surface area contributed by atoms with Crippen LogP contribution in [0.2, 0.25) is 5.02 Å². The summed E-state index contributed by atoms with van der Waals surface area (Å²) in [6, 6.07) is 6.05. The van der Waals surface area contributed by atoms with Crippen LogP contribution in [-0.4, -0.2) is 45.3 Å². The Morgan fingerprint density at radius 2 is 2.00 bits per heavy atom. The third kappa shape index (κ3) is 7.66. The van der Waals surface area contributed by atoms with Gasteiger partial charge >= 0.3 is 5.97 Å². The maximum atomic E-state index is 11.8. The van der Waals surface area contributed by atoms with Gasteiger partial charge in [-0.25, -0.2) is 0 Å². The van der Waals surface area contributed by atoms with E-state index in [0.717, 1.165) is 55.9 Å². The van der Waals surface area contributed by atoms with Gasteiger partial charge in [0.25, 0.3) is 0 Å². The highest BCUT2D eigenvalue weighted by atomic mass is 127. The van der Waals surface area contributed by atoms with E-state index >= 15 is 0 Å². The molecule has 0 radical (unpaired) electrons. The Labute approximate surface area is 189 Å². The molecule has 0 spiro atoms. The molecule has 2 N–H and O–H groups in total. The molecular formula is C20H31ClIN3O3. The van der Waals surface area contributed by atoms with E-state index in [4.69, 9.17) is 21.1 Å². The van der Waals surface area contributed by atoms with E-state index in [9.17, 15) is 4.79 Å². The van der Waals surface area contributed by atoms with Crippen molar-refractivity contribution in [2.24, 2.45) is 10.9 Å². The fraction of sp³-hybridized carbons (Fsp3) is 0.600. The molecule has 8 heteroatoms. The lowest BCUT2D eigenvalue weighted by Gasteiger charge is -2.29. The van der Waals surface area contributed by atoms with E-state index in [-0.39, 0.29) is 35.9 Å². The summed E-state index contributed by atoms with van der Waals surface area (Å²) >= 11 is 6.28. The fourth-order valence-electron chi connectivity index (χ4n) is 3.29. The number of nitrogens with one attached hydrogen (secondary N) is 2. The molecule has 0 atom stereocenters. The summed E-state index contributed by atoms with van der Waals surface area (Å²) in [6.07, 6.45) is 4.38. The number of esters is 1. The molecule has 28 heavy (non-hydrogen) atoms. The molecule has 0 heterocycles. The number of benzene rings is 1. The van der Waals surface area contributed by atoms with Crippen molar-refractivity contribution in [3.05, 3.63) is 28.8 Å². The van der Waals surface area contributed by atoms with Crippen LogP contribution >= 0.6 is 35.6 Å². The molecule has 0 unspecified atom stereocenters. The molecule has 1 aliphatic rings. The summed E-state index contributed by atoms with van der Waals surface area (Å²) in [5, 5.41) is 7.49. The average Bonchev–Trinajstić information content (AvgIpc) is 2.69. The molecule has 1 saturated carbocycles. The third-order valence-electron chi connectivity index (χ3n) is 4.86. The van der Waals surface area contributed by atoms with Crippen LogP contribution in [0.3, 0.4) is 0 Å². The summed E-state index contributed by atoms with van der Waals surface area (Å²) in [7, 11) is 3.39. The Bertz CT molecular complexity index is 650. The highest BCUT2D eigenvalue weighted by Crippen LogP contribution is 2.25. The molecule has 0 amide bonds. The quantitative estimate of drug-likeness (QED) is 0.246. The van der Waals surface area contributed by atoms with Crippen molar-refractivity contribution in [2.75, 3.05) is 27.3 Å². The number of ether oxygens (including phenoxy) is 2. The van der Waals surface area contributed by atoms with Gasteiger partial charge in [0.05, 0.1) is 19.6 Å². The molecule has 1 fully saturated rings. The molecule has 1 aliphatic carbocycles. The molecule has 2 rings (SSSR count). The third-order valence-corrected chi connectivity index (χ3v) is 5.21. The van der Waals surface area contributed by atoms with Crippen LogP contribution in [0, 0.1) is 5.92 Å². The van der Waals surface area contributed by atoms with Crippen molar-refractivity contribution >= 4 is 47.5 Å². The number of halogens is 2. The Morgan fingerprint density at radius 3 is 2.57 bits per heavy atom. The Balaban J connectivity index is 0.00000392. The van der Waals surface area contributed by atoms with Crippen molar-refractivity contribution in [1.29, 1.82) is 0 Å².